The van der Waals surface area contributed by atoms with E-state index in [0.29, 0.717) is 24.1 Å². The minimum atomic E-state index is -2.56. The third kappa shape index (κ3) is 4.24. The quantitative estimate of drug-likeness (QED) is 0.630. The number of hydrogen-bond acceptors (Lipinski definition) is 6. The maximum atomic E-state index is 13.7. The fourth-order valence-corrected chi connectivity index (χ4v) is 4.89. The average Bonchev–Trinajstić information content (AvgIpc) is 3.16. The molecule has 3 heterocycles. The number of aromatic hydroxyl groups is 1. The molecule has 0 bridgehead atoms. The molecule has 0 unspecified atom stereocenters. The van der Waals surface area contributed by atoms with Crippen LogP contribution in [-0.2, 0) is 7.05 Å². The normalized spacial score (nSPS) is 18.8. The number of aryl methyl sites for hydroxylation is 1. The van der Waals surface area contributed by atoms with Crippen LogP contribution in [-0.4, -0.2) is 57.2 Å². The first-order valence-electron chi connectivity index (χ1n) is 11.4. The molecule has 3 aromatic rings. The van der Waals surface area contributed by atoms with Crippen molar-refractivity contribution in [2.24, 2.45) is 7.05 Å². The van der Waals surface area contributed by atoms with Crippen molar-refractivity contribution in [2.45, 2.75) is 44.1 Å². The third-order valence-corrected chi connectivity index (χ3v) is 6.77. The Bertz CT molecular complexity index is 1150. The van der Waals surface area contributed by atoms with Crippen LogP contribution in [0.1, 0.15) is 32.1 Å². The fraction of sp³-hybridized carbons (Fsp3) is 0.458. The van der Waals surface area contributed by atoms with Crippen molar-refractivity contribution in [3.8, 4) is 28.1 Å². The number of halogens is 2. The van der Waals surface area contributed by atoms with Crippen LogP contribution in [0, 0.1) is 0 Å². The van der Waals surface area contributed by atoms with E-state index in [9.17, 15) is 13.9 Å². The summed E-state index contributed by atoms with van der Waals surface area (Å²) in [6, 6.07) is 7.46. The summed E-state index contributed by atoms with van der Waals surface area (Å²) in [7, 11) is 3.86. The van der Waals surface area contributed by atoms with Gasteiger partial charge in [-0.3, -0.25) is 4.68 Å². The lowest BCUT2D eigenvalue weighted by Gasteiger charge is -2.37. The van der Waals surface area contributed by atoms with E-state index < -0.39 is 5.92 Å². The number of benzene rings is 1. The molecule has 2 aromatic heterocycles. The van der Waals surface area contributed by atoms with Crippen LogP contribution >= 0.6 is 0 Å². The Kier molecular flexibility index (Phi) is 5.42. The van der Waals surface area contributed by atoms with Gasteiger partial charge in [0.25, 0.3) is 0 Å². The lowest BCUT2D eigenvalue weighted by atomic mass is 9.91. The number of phenols is 1. The Morgan fingerprint density at radius 2 is 1.82 bits per heavy atom. The van der Waals surface area contributed by atoms with E-state index in [0.717, 1.165) is 42.1 Å². The zero-order valence-electron chi connectivity index (χ0n) is 18.9. The number of anilines is 2. The second-order valence-corrected chi connectivity index (χ2v) is 9.13. The monoisotopic (exact) mass is 454 g/mol. The predicted molar refractivity (Wildman–Crippen MR) is 124 cm³/mol. The molecule has 7 nitrogen and oxygen atoms in total. The molecule has 0 spiro atoms. The minimum Gasteiger partial charge on any atom is -0.507 e. The second-order valence-electron chi connectivity index (χ2n) is 9.13. The van der Waals surface area contributed by atoms with Crippen LogP contribution in [0.2, 0.25) is 0 Å². The molecule has 0 radical (unpaired) electrons. The maximum absolute atomic E-state index is 13.7. The van der Waals surface area contributed by atoms with Crippen LogP contribution in [0.25, 0.3) is 22.4 Å². The van der Waals surface area contributed by atoms with Crippen molar-refractivity contribution < 1.29 is 13.9 Å². The second kappa shape index (κ2) is 8.28. The molecule has 9 heteroatoms. The molecule has 1 aliphatic heterocycles. The SMILES string of the molecule is CN1CCCN(C2CCC(F)(F)CC2)c2nnc(-c3ccc(-c4cnn(C)c4)cc3O)cc21. The number of fused-ring (bicyclic) bond motifs is 1. The standard InChI is InChI=1S/C24H28F2N6O/c1-30-10-3-11-32(18-6-8-24(25,26)9-7-18)23-21(30)13-20(28-29-23)19-5-4-16(12-22(19)33)17-14-27-31(2)15-17/h4-5,12-15,18,33H,3,6-11H2,1-2H3. The van der Waals surface area contributed by atoms with Gasteiger partial charge in [0.1, 0.15) is 5.75 Å². The summed E-state index contributed by atoms with van der Waals surface area (Å²) in [6.45, 7) is 1.61. The van der Waals surface area contributed by atoms with Gasteiger partial charge in [-0.25, -0.2) is 8.78 Å². The molecular formula is C24H28F2N6O. The average molecular weight is 455 g/mol. The van der Waals surface area contributed by atoms with E-state index in [1.807, 2.05) is 38.5 Å². The minimum absolute atomic E-state index is 0.0437. The highest BCUT2D eigenvalue weighted by atomic mass is 19.3. The van der Waals surface area contributed by atoms with Gasteiger partial charge in [0, 0.05) is 63.4 Å². The highest BCUT2D eigenvalue weighted by Gasteiger charge is 2.38. The first kappa shape index (κ1) is 21.6. The number of nitrogens with zero attached hydrogens (tertiary/aromatic N) is 6. The van der Waals surface area contributed by atoms with Gasteiger partial charge < -0.3 is 14.9 Å². The van der Waals surface area contributed by atoms with Crippen LogP contribution in [0.5, 0.6) is 5.75 Å². The van der Waals surface area contributed by atoms with Crippen molar-refractivity contribution in [3.05, 3.63) is 36.7 Å². The van der Waals surface area contributed by atoms with E-state index in [4.69, 9.17) is 0 Å². The van der Waals surface area contributed by atoms with Gasteiger partial charge in [0.2, 0.25) is 5.92 Å². The molecule has 1 fully saturated rings. The van der Waals surface area contributed by atoms with E-state index in [1.165, 1.54) is 0 Å². The van der Waals surface area contributed by atoms with Gasteiger partial charge in [-0.05, 0) is 43.0 Å². The smallest absolute Gasteiger partial charge is 0.248 e. The van der Waals surface area contributed by atoms with Crippen LogP contribution < -0.4 is 9.80 Å². The zero-order valence-corrected chi connectivity index (χ0v) is 18.9. The summed E-state index contributed by atoms with van der Waals surface area (Å²) < 4.78 is 29.1. The first-order chi connectivity index (χ1) is 15.8. The van der Waals surface area contributed by atoms with Crippen molar-refractivity contribution in [1.29, 1.82) is 0 Å². The Labute approximate surface area is 191 Å². The maximum Gasteiger partial charge on any atom is 0.248 e. The van der Waals surface area contributed by atoms with Gasteiger partial charge in [-0.1, -0.05) is 6.07 Å². The van der Waals surface area contributed by atoms with Crippen molar-refractivity contribution >= 4 is 11.5 Å². The lowest BCUT2D eigenvalue weighted by molar-refractivity contribution is -0.0381. The molecule has 1 saturated carbocycles. The van der Waals surface area contributed by atoms with Gasteiger partial charge in [0.15, 0.2) is 5.82 Å². The Hall–Kier alpha value is -3.23. The summed E-state index contributed by atoms with van der Waals surface area (Å²) in [5.41, 5.74) is 3.86. The van der Waals surface area contributed by atoms with Crippen molar-refractivity contribution in [3.63, 3.8) is 0 Å². The highest BCUT2D eigenvalue weighted by molar-refractivity contribution is 5.78. The fourth-order valence-electron chi connectivity index (χ4n) is 4.89. The molecule has 0 atom stereocenters. The van der Waals surface area contributed by atoms with Gasteiger partial charge in [-0.2, -0.15) is 5.10 Å². The molecule has 174 valence electrons. The number of aromatic nitrogens is 4. The Balaban J connectivity index is 1.47. The topological polar surface area (TPSA) is 70.3 Å². The predicted octanol–water partition coefficient (Wildman–Crippen LogP) is 4.47. The zero-order chi connectivity index (χ0) is 23.2. The van der Waals surface area contributed by atoms with Crippen molar-refractivity contribution in [2.75, 3.05) is 29.9 Å². The van der Waals surface area contributed by atoms with Crippen LogP contribution in [0.4, 0.5) is 20.3 Å². The number of alkyl halides is 2. The van der Waals surface area contributed by atoms with Crippen LogP contribution in [0.15, 0.2) is 36.7 Å². The largest absolute Gasteiger partial charge is 0.507 e. The first-order valence-corrected chi connectivity index (χ1v) is 11.4. The molecular weight excluding hydrogens is 426 g/mol. The van der Waals surface area contributed by atoms with Crippen molar-refractivity contribution in [1.82, 2.24) is 20.0 Å². The summed E-state index contributed by atoms with van der Waals surface area (Å²) in [4.78, 5) is 4.29. The van der Waals surface area contributed by atoms with Gasteiger partial charge >= 0.3 is 0 Å². The number of rotatable bonds is 3. The molecule has 1 N–H and O–H groups in total. The Morgan fingerprint density at radius 1 is 1.03 bits per heavy atom. The van der Waals surface area contributed by atoms with E-state index in [1.54, 1.807) is 16.9 Å². The molecule has 2 aliphatic rings. The van der Waals surface area contributed by atoms with Gasteiger partial charge in [-0.15, -0.1) is 10.2 Å². The van der Waals surface area contributed by atoms with E-state index >= 15 is 0 Å². The third-order valence-electron chi connectivity index (χ3n) is 6.77. The van der Waals surface area contributed by atoms with E-state index in [-0.39, 0.29) is 24.6 Å². The van der Waals surface area contributed by atoms with Gasteiger partial charge in [0.05, 0.1) is 17.6 Å². The van der Waals surface area contributed by atoms with Crippen LogP contribution in [0.3, 0.4) is 0 Å². The highest BCUT2D eigenvalue weighted by Crippen LogP contribution is 2.41. The molecule has 1 aromatic carbocycles. The lowest BCUT2D eigenvalue weighted by Crippen LogP contribution is -2.41. The summed E-state index contributed by atoms with van der Waals surface area (Å²) in [6.07, 6.45) is 5.30. The molecule has 1 aliphatic carbocycles. The molecule has 0 amide bonds. The Morgan fingerprint density at radius 3 is 2.52 bits per heavy atom. The molecule has 0 saturated heterocycles. The number of phenolic OH excluding ortho intramolecular Hbond substituents is 1. The summed E-state index contributed by atoms with van der Waals surface area (Å²) in [5, 5.41) is 23.9. The summed E-state index contributed by atoms with van der Waals surface area (Å²) in [5.74, 6) is -1.70. The molecule has 33 heavy (non-hydrogen) atoms. The van der Waals surface area contributed by atoms with E-state index in [2.05, 4.69) is 25.1 Å². The number of hydrogen-bond donors (Lipinski definition) is 1. The summed E-state index contributed by atoms with van der Waals surface area (Å²) >= 11 is 0. The molecule has 5 rings (SSSR count).